The van der Waals surface area contributed by atoms with Gasteiger partial charge in [-0.15, -0.1) is 23.1 Å². The van der Waals surface area contributed by atoms with Crippen LogP contribution in [0.1, 0.15) is 29.4 Å². The van der Waals surface area contributed by atoms with Crippen LogP contribution in [0.2, 0.25) is 0 Å². The van der Waals surface area contributed by atoms with Crippen molar-refractivity contribution in [1.82, 2.24) is 10.3 Å². The van der Waals surface area contributed by atoms with Crippen LogP contribution in [0.15, 0.2) is 29.2 Å². The second-order valence-electron chi connectivity index (χ2n) is 4.90. The van der Waals surface area contributed by atoms with Gasteiger partial charge in [-0.1, -0.05) is 19.9 Å². The third kappa shape index (κ3) is 4.58. The molecule has 0 atom stereocenters. The Morgan fingerprint density at radius 2 is 2.20 bits per heavy atom. The highest BCUT2D eigenvalue weighted by Gasteiger charge is 2.08. The number of nitrogens with one attached hydrogen (secondary N) is 1. The molecule has 0 saturated carbocycles. The van der Waals surface area contributed by atoms with Crippen LogP contribution in [0.25, 0.3) is 0 Å². The van der Waals surface area contributed by atoms with Crippen molar-refractivity contribution in [3.05, 3.63) is 45.7 Å². The average molecular weight is 310 g/mol. The van der Waals surface area contributed by atoms with E-state index in [9.17, 15) is 4.39 Å². The van der Waals surface area contributed by atoms with Crippen molar-refractivity contribution < 1.29 is 4.39 Å². The molecule has 0 amide bonds. The third-order valence-corrected chi connectivity index (χ3v) is 5.11. The minimum atomic E-state index is -0.188. The Kier molecular flexibility index (Phi) is 5.57. The summed E-state index contributed by atoms with van der Waals surface area (Å²) in [6, 6.07) is 7.17. The smallest absolute Gasteiger partial charge is 0.124 e. The van der Waals surface area contributed by atoms with Gasteiger partial charge in [0.05, 0.1) is 11.4 Å². The van der Waals surface area contributed by atoms with Crippen LogP contribution in [0.4, 0.5) is 4.39 Å². The normalized spacial score (nSPS) is 11.2. The summed E-state index contributed by atoms with van der Waals surface area (Å²) < 4.78 is 13.1. The van der Waals surface area contributed by atoms with E-state index in [1.54, 1.807) is 35.2 Å². The van der Waals surface area contributed by atoms with E-state index in [1.807, 2.05) is 13.0 Å². The number of aryl methyl sites for hydroxylation is 1. The lowest BCUT2D eigenvalue weighted by Crippen LogP contribution is -2.21. The zero-order valence-electron chi connectivity index (χ0n) is 11.9. The van der Waals surface area contributed by atoms with Crippen molar-refractivity contribution in [3.8, 4) is 0 Å². The monoisotopic (exact) mass is 310 g/mol. The van der Waals surface area contributed by atoms with Gasteiger partial charge in [-0.25, -0.2) is 9.37 Å². The summed E-state index contributed by atoms with van der Waals surface area (Å²) in [6.07, 6.45) is 0. The highest BCUT2D eigenvalue weighted by atomic mass is 32.2. The van der Waals surface area contributed by atoms with Gasteiger partial charge in [0.25, 0.3) is 0 Å². The number of thiazole rings is 1. The summed E-state index contributed by atoms with van der Waals surface area (Å²) in [7, 11) is 0. The molecule has 1 heterocycles. The molecule has 0 spiro atoms. The maximum Gasteiger partial charge on any atom is 0.124 e. The predicted octanol–water partition coefficient (Wildman–Crippen LogP) is 4.38. The van der Waals surface area contributed by atoms with Gasteiger partial charge in [-0.3, -0.25) is 0 Å². The molecule has 2 aromatic rings. The molecule has 20 heavy (non-hydrogen) atoms. The Labute approximate surface area is 127 Å². The molecule has 0 aliphatic carbocycles. The Hall–Kier alpha value is -0.910. The molecule has 2 rings (SSSR count). The molecule has 0 aliphatic rings. The predicted molar refractivity (Wildman–Crippen MR) is 84.8 cm³/mol. The van der Waals surface area contributed by atoms with E-state index in [-0.39, 0.29) is 5.82 Å². The molecule has 108 valence electrons. The van der Waals surface area contributed by atoms with Crippen LogP contribution in [-0.2, 0) is 12.3 Å². The molecule has 0 unspecified atom stereocenters. The van der Waals surface area contributed by atoms with Crippen LogP contribution in [0.5, 0.6) is 0 Å². The van der Waals surface area contributed by atoms with Gasteiger partial charge in [0.15, 0.2) is 0 Å². The number of hydrogen-bond acceptors (Lipinski definition) is 4. The molecule has 2 nitrogen and oxygen atoms in total. The Balaban J connectivity index is 1.95. The van der Waals surface area contributed by atoms with Gasteiger partial charge in [-0.05, 0) is 25.1 Å². The standard InChI is InChI=1S/C15H19FN2S2/c1-10(2)17-8-14-11(3)18-15(20-14)9-19-13-6-4-5-12(16)7-13/h4-7,10,17H,8-9H2,1-3H3. The number of rotatable bonds is 6. The molecular weight excluding hydrogens is 291 g/mol. The molecule has 1 N–H and O–H groups in total. The van der Waals surface area contributed by atoms with Crippen molar-refractivity contribution in [3.63, 3.8) is 0 Å². The summed E-state index contributed by atoms with van der Waals surface area (Å²) in [5, 5.41) is 4.51. The summed E-state index contributed by atoms with van der Waals surface area (Å²) in [4.78, 5) is 6.82. The second-order valence-corrected chi connectivity index (χ2v) is 7.11. The Morgan fingerprint density at radius 3 is 2.90 bits per heavy atom. The van der Waals surface area contributed by atoms with Crippen molar-refractivity contribution in [2.75, 3.05) is 0 Å². The van der Waals surface area contributed by atoms with E-state index in [2.05, 4.69) is 24.1 Å². The molecule has 0 fully saturated rings. The fourth-order valence-corrected chi connectivity index (χ4v) is 3.67. The molecule has 0 aliphatic heterocycles. The van der Waals surface area contributed by atoms with Gasteiger partial charge in [0.1, 0.15) is 10.8 Å². The molecule has 5 heteroatoms. The van der Waals surface area contributed by atoms with Crippen LogP contribution >= 0.6 is 23.1 Å². The van der Waals surface area contributed by atoms with Crippen molar-refractivity contribution in [2.45, 2.75) is 44.0 Å². The van der Waals surface area contributed by atoms with Gasteiger partial charge < -0.3 is 5.32 Å². The largest absolute Gasteiger partial charge is 0.310 e. The molecule has 1 aromatic heterocycles. The van der Waals surface area contributed by atoms with E-state index in [1.165, 1.54) is 10.9 Å². The van der Waals surface area contributed by atoms with Crippen LogP contribution < -0.4 is 5.32 Å². The van der Waals surface area contributed by atoms with Gasteiger partial charge >= 0.3 is 0 Å². The lowest BCUT2D eigenvalue weighted by molar-refractivity contribution is 0.591. The summed E-state index contributed by atoms with van der Waals surface area (Å²) >= 11 is 3.36. The maximum absolute atomic E-state index is 13.1. The lowest BCUT2D eigenvalue weighted by atomic mass is 10.3. The van der Waals surface area contributed by atoms with E-state index in [4.69, 9.17) is 0 Å². The topological polar surface area (TPSA) is 24.9 Å². The number of benzene rings is 1. The highest BCUT2D eigenvalue weighted by molar-refractivity contribution is 7.98. The quantitative estimate of drug-likeness (QED) is 0.801. The Morgan fingerprint density at radius 1 is 1.40 bits per heavy atom. The van der Waals surface area contributed by atoms with Crippen molar-refractivity contribution >= 4 is 23.1 Å². The maximum atomic E-state index is 13.1. The fraction of sp³-hybridized carbons (Fsp3) is 0.400. The zero-order chi connectivity index (χ0) is 14.5. The first kappa shape index (κ1) is 15.5. The van der Waals surface area contributed by atoms with E-state index in [0.717, 1.165) is 27.9 Å². The molecule has 1 aromatic carbocycles. The number of halogens is 1. The fourth-order valence-electron chi connectivity index (χ4n) is 1.71. The first-order valence-corrected chi connectivity index (χ1v) is 8.41. The minimum absolute atomic E-state index is 0.188. The van der Waals surface area contributed by atoms with Crippen LogP contribution in [-0.4, -0.2) is 11.0 Å². The highest BCUT2D eigenvalue weighted by Crippen LogP contribution is 2.27. The van der Waals surface area contributed by atoms with E-state index >= 15 is 0 Å². The van der Waals surface area contributed by atoms with E-state index < -0.39 is 0 Å². The average Bonchev–Trinajstić information content (AvgIpc) is 2.75. The summed E-state index contributed by atoms with van der Waals surface area (Å²) in [5.41, 5.74) is 1.10. The number of thioether (sulfide) groups is 1. The molecule has 0 radical (unpaired) electrons. The van der Waals surface area contributed by atoms with Gasteiger partial charge in [-0.2, -0.15) is 0 Å². The third-order valence-electron chi connectivity index (χ3n) is 2.77. The number of nitrogens with zero attached hydrogens (tertiary/aromatic N) is 1. The van der Waals surface area contributed by atoms with Crippen LogP contribution in [0, 0.1) is 12.7 Å². The first-order chi connectivity index (χ1) is 9.54. The Bertz CT molecular complexity index is 567. The minimum Gasteiger partial charge on any atom is -0.310 e. The summed E-state index contributed by atoms with van der Waals surface area (Å²) in [6.45, 7) is 7.18. The second kappa shape index (κ2) is 7.20. The molecule has 0 bridgehead atoms. The first-order valence-electron chi connectivity index (χ1n) is 6.61. The van der Waals surface area contributed by atoms with Gasteiger partial charge in [0, 0.05) is 22.4 Å². The molecular formula is C15H19FN2S2. The van der Waals surface area contributed by atoms with E-state index in [0.29, 0.717) is 6.04 Å². The zero-order valence-corrected chi connectivity index (χ0v) is 13.6. The van der Waals surface area contributed by atoms with Crippen LogP contribution in [0.3, 0.4) is 0 Å². The SMILES string of the molecule is Cc1nc(CSc2cccc(F)c2)sc1CNC(C)C. The number of aromatic nitrogens is 1. The summed E-state index contributed by atoms with van der Waals surface area (Å²) in [5.74, 6) is 0.601. The van der Waals surface area contributed by atoms with Crippen molar-refractivity contribution in [1.29, 1.82) is 0 Å². The lowest BCUT2D eigenvalue weighted by Gasteiger charge is -2.05. The molecule has 0 saturated heterocycles. The van der Waals surface area contributed by atoms with Crippen molar-refractivity contribution in [2.24, 2.45) is 0 Å². The van der Waals surface area contributed by atoms with Gasteiger partial charge in [0.2, 0.25) is 0 Å². The number of hydrogen-bond donors (Lipinski definition) is 1.